The number of aliphatic imine (C=N–C) groups is 1. The first kappa shape index (κ1) is 9.61. The molecule has 2 nitrogen and oxygen atoms in total. The summed E-state index contributed by atoms with van der Waals surface area (Å²) in [5.74, 6) is 1.13. The molecule has 12 heavy (non-hydrogen) atoms. The molecule has 0 aliphatic carbocycles. The van der Waals surface area contributed by atoms with Gasteiger partial charge in [0.15, 0.2) is 0 Å². The standard InChI is InChI=1S/C8H12N2S2/c1-6-2-3-7(12-6)4-10-8(9)5-11/h2-3,11H,4-5H2,1H3,(H2,9,10). The Bertz CT molecular complexity index is 278. The van der Waals surface area contributed by atoms with Crippen LogP contribution in [0.2, 0.25) is 0 Å². The summed E-state index contributed by atoms with van der Waals surface area (Å²) in [6, 6.07) is 4.17. The van der Waals surface area contributed by atoms with Crippen molar-refractivity contribution in [1.82, 2.24) is 0 Å². The van der Waals surface area contributed by atoms with Crippen molar-refractivity contribution in [2.24, 2.45) is 10.7 Å². The van der Waals surface area contributed by atoms with Crippen LogP contribution in [0, 0.1) is 6.92 Å². The van der Waals surface area contributed by atoms with E-state index in [1.165, 1.54) is 9.75 Å². The Kier molecular flexibility index (Phi) is 3.62. The van der Waals surface area contributed by atoms with Crippen molar-refractivity contribution in [3.05, 3.63) is 21.9 Å². The summed E-state index contributed by atoms with van der Waals surface area (Å²) in [6.07, 6.45) is 0. The minimum atomic E-state index is 0.532. The maximum atomic E-state index is 5.51. The third kappa shape index (κ3) is 2.87. The molecule has 0 radical (unpaired) electrons. The zero-order valence-corrected chi connectivity index (χ0v) is 8.66. The van der Waals surface area contributed by atoms with Crippen LogP contribution >= 0.6 is 24.0 Å². The van der Waals surface area contributed by atoms with E-state index in [4.69, 9.17) is 5.73 Å². The molecule has 0 spiro atoms. The summed E-state index contributed by atoms with van der Waals surface area (Å²) in [6.45, 7) is 2.77. The van der Waals surface area contributed by atoms with Crippen LogP contribution in [0.15, 0.2) is 17.1 Å². The fourth-order valence-electron chi connectivity index (χ4n) is 0.800. The van der Waals surface area contributed by atoms with Gasteiger partial charge in [-0.15, -0.1) is 11.3 Å². The molecule has 1 heterocycles. The highest BCUT2D eigenvalue weighted by Crippen LogP contribution is 2.15. The van der Waals surface area contributed by atoms with Crippen molar-refractivity contribution in [1.29, 1.82) is 0 Å². The first-order valence-corrected chi connectivity index (χ1v) is 5.12. The van der Waals surface area contributed by atoms with Crippen LogP contribution in [0.3, 0.4) is 0 Å². The maximum Gasteiger partial charge on any atom is 0.104 e. The van der Waals surface area contributed by atoms with Crippen molar-refractivity contribution in [2.75, 3.05) is 5.75 Å². The lowest BCUT2D eigenvalue weighted by atomic mass is 10.4. The zero-order valence-electron chi connectivity index (χ0n) is 6.95. The van der Waals surface area contributed by atoms with Crippen molar-refractivity contribution in [3.8, 4) is 0 Å². The summed E-state index contributed by atoms with van der Waals surface area (Å²) in [4.78, 5) is 6.71. The number of hydrogen-bond donors (Lipinski definition) is 2. The van der Waals surface area contributed by atoms with E-state index in [9.17, 15) is 0 Å². The summed E-state index contributed by atoms with van der Waals surface area (Å²) in [7, 11) is 0. The molecule has 0 saturated carbocycles. The van der Waals surface area contributed by atoms with Gasteiger partial charge in [-0.1, -0.05) is 0 Å². The number of nitrogens with two attached hydrogens (primary N) is 1. The van der Waals surface area contributed by atoms with Gasteiger partial charge in [0.2, 0.25) is 0 Å². The van der Waals surface area contributed by atoms with E-state index in [1.807, 2.05) is 0 Å². The van der Waals surface area contributed by atoms with E-state index in [-0.39, 0.29) is 0 Å². The van der Waals surface area contributed by atoms with Crippen LogP contribution < -0.4 is 5.73 Å². The van der Waals surface area contributed by atoms with Gasteiger partial charge in [-0.3, -0.25) is 4.99 Å². The molecule has 0 aliphatic heterocycles. The van der Waals surface area contributed by atoms with E-state index < -0.39 is 0 Å². The van der Waals surface area contributed by atoms with Gasteiger partial charge in [-0.2, -0.15) is 12.6 Å². The predicted molar refractivity (Wildman–Crippen MR) is 58.2 cm³/mol. The molecule has 0 fully saturated rings. The van der Waals surface area contributed by atoms with Gasteiger partial charge in [0.1, 0.15) is 5.84 Å². The van der Waals surface area contributed by atoms with E-state index >= 15 is 0 Å². The van der Waals surface area contributed by atoms with Crippen LogP contribution in [-0.4, -0.2) is 11.6 Å². The molecule has 1 aromatic rings. The van der Waals surface area contributed by atoms with Gasteiger partial charge in [-0.25, -0.2) is 0 Å². The highest BCUT2D eigenvalue weighted by Gasteiger charge is 1.94. The minimum Gasteiger partial charge on any atom is -0.387 e. The molecule has 4 heteroatoms. The van der Waals surface area contributed by atoms with Gasteiger partial charge in [0, 0.05) is 15.5 Å². The van der Waals surface area contributed by atoms with Crippen LogP contribution in [0.5, 0.6) is 0 Å². The Morgan fingerprint density at radius 2 is 2.42 bits per heavy atom. The van der Waals surface area contributed by atoms with Gasteiger partial charge in [0.05, 0.1) is 6.54 Å². The van der Waals surface area contributed by atoms with E-state index in [2.05, 4.69) is 36.7 Å². The molecule has 0 aromatic carbocycles. The normalized spacial score (nSPS) is 12.0. The number of rotatable bonds is 3. The fourth-order valence-corrected chi connectivity index (χ4v) is 1.71. The van der Waals surface area contributed by atoms with E-state index in [1.54, 1.807) is 11.3 Å². The Morgan fingerprint density at radius 1 is 1.67 bits per heavy atom. The molecule has 0 atom stereocenters. The second-order valence-corrected chi connectivity index (χ2v) is 4.17. The Balaban J connectivity index is 2.53. The molecule has 66 valence electrons. The second-order valence-electron chi connectivity index (χ2n) is 2.48. The highest BCUT2D eigenvalue weighted by atomic mass is 32.1. The number of thiol groups is 1. The van der Waals surface area contributed by atoms with Crippen molar-refractivity contribution >= 4 is 29.8 Å². The number of thiophene rings is 1. The number of amidine groups is 1. The lowest BCUT2D eigenvalue weighted by molar-refractivity contribution is 1.09. The Hall–Kier alpha value is -0.480. The van der Waals surface area contributed by atoms with E-state index in [0.29, 0.717) is 18.1 Å². The van der Waals surface area contributed by atoms with Gasteiger partial charge in [-0.05, 0) is 19.1 Å². The molecule has 0 saturated heterocycles. The third-order valence-corrected chi connectivity index (χ3v) is 2.71. The first-order chi connectivity index (χ1) is 5.72. The molecular weight excluding hydrogens is 188 g/mol. The van der Waals surface area contributed by atoms with E-state index in [0.717, 1.165) is 0 Å². The van der Waals surface area contributed by atoms with Crippen LogP contribution in [-0.2, 0) is 6.54 Å². The zero-order chi connectivity index (χ0) is 8.97. The number of hydrogen-bond acceptors (Lipinski definition) is 3. The monoisotopic (exact) mass is 200 g/mol. The molecule has 0 aliphatic rings. The minimum absolute atomic E-state index is 0.532. The van der Waals surface area contributed by atoms with Gasteiger partial charge in [0.25, 0.3) is 0 Å². The Morgan fingerprint density at radius 3 is 2.92 bits per heavy atom. The molecule has 0 amide bonds. The summed E-state index contributed by atoms with van der Waals surface area (Å²) < 4.78 is 0. The molecule has 2 N–H and O–H groups in total. The third-order valence-electron chi connectivity index (χ3n) is 1.40. The Labute approximate surface area is 81.9 Å². The van der Waals surface area contributed by atoms with Crippen molar-refractivity contribution in [2.45, 2.75) is 13.5 Å². The van der Waals surface area contributed by atoms with Crippen molar-refractivity contribution < 1.29 is 0 Å². The number of aryl methyl sites for hydroxylation is 1. The van der Waals surface area contributed by atoms with Gasteiger partial charge >= 0.3 is 0 Å². The lowest BCUT2D eigenvalue weighted by Gasteiger charge is -1.93. The highest BCUT2D eigenvalue weighted by molar-refractivity contribution is 7.81. The average Bonchev–Trinajstić information content (AvgIpc) is 2.47. The fraction of sp³-hybridized carbons (Fsp3) is 0.375. The predicted octanol–water partition coefficient (Wildman–Crippen LogP) is 1.84. The maximum absolute atomic E-state index is 5.51. The average molecular weight is 200 g/mol. The molecule has 1 rings (SSSR count). The lowest BCUT2D eigenvalue weighted by Crippen LogP contribution is -2.13. The number of nitrogens with zero attached hydrogens (tertiary/aromatic N) is 1. The second kappa shape index (κ2) is 4.52. The first-order valence-electron chi connectivity index (χ1n) is 3.67. The van der Waals surface area contributed by atoms with Crippen molar-refractivity contribution in [3.63, 3.8) is 0 Å². The molecule has 0 bridgehead atoms. The van der Waals surface area contributed by atoms with Crippen LogP contribution in [0.4, 0.5) is 0 Å². The molecule has 0 unspecified atom stereocenters. The quantitative estimate of drug-likeness (QED) is 0.436. The molecular formula is C8H12N2S2. The topological polar surface area (TPSA) is 38.4 Å². The SMILES string of the molecule is Cc1ccc(CN=C(N)CS)s1. The van der Waals surface area contributed by atoms with Crippen LogP contribution in [0.25, 0.3) is 0 Å². The molecule has 1 aromatic heterocycles. The summed E-state index contributed by atoms with van der Waals surface area (Å²) in [5.41, 5.74) is 5.51. The van der Waals surface area contributed by atoms with Crippen LogP contribution in [0.1, 0.15) is 9.75 Å². The summed E-state index contributed by atoms with van der Waals surface area (Å²) >= 11 is 5.77. The largest absolute Gasteiger partial charge is 0.387 e. The van der Waals surface area contributed by atoms with Gasteiger partial charge < -0.3 is 5.73 Å². The summed E-state index contributed by atoms with van der Waals surface area (Å²) in [5, 5.41) is 0. The smallest absolute Gasteiger partial charge is 0.104 e.